The molecule has 1 aliphatic rings. The van der Waals surface area contributed by atoms with Crippen molar-refractivity contribution < 1.29 is 14.6 Å². The molecule has 1 saturated heterocycles. The fraction of sp³-hybridized carbons (Fsp3) is 0.136. The van der Waals surface area contributed by atoms with Crippen molar-refractivity contribution in [2.45, 2.75) is 13.8 Å². The normalized spacial score (nSPS) is 16.6. The SMILES string of the molecule is CCOC(O)=c1s/c(=C2\SC(=S)N(c3ccc(C)cc3)C2=O)n(-c2ccccc2)c1=N. The summed E-state index contributed by atoms with van der Waals surface area (Å²) in [6.45, 7) is 4.00. The number of aliphatic hydroxyl groups excluding tert-OH is 1. The van der Waals surface area contributed by atoms with E-state index in [0.29, 0.717) is 25.3 Å². The summed E-state index contributed by atoms with van der Waals surface area (Å²) in [5.74, 6) is -0.588. The largest absolute Gasteiger partial charge is 0.480 e. The van der Waals surface area contributed by atoms with E-state index in [4.69, 9.17) is 22.4 Å². The van der Waals surface area contributed by atoms with Crippen LogP contribution >= 0.6 is 35.3 Å². The van der Waals surface area contributed by atoms with E-state index < -0.39 is 0 Å². The fourth-order valence-electron chi connectivity index (χ4n) is 3.12. The molecule has 0 unspecified atom stereocenters. The number of carbonyl (C=O) groups is 1. The molecule has 0 saturated carbocycles. The van der Waals surface area contributed by atoms with E-state index in [1.54, 1.807) is 11.5 Å². The van der Waals surface area contributed by atoms with Gasteiger partial charge in [-0.2, -0.15) is 0 Å². The maximum Gasteiger partial charge on any atom is 0.298 e. The van der Waals surface area contributed by atoms with E-state index in [-0.39, 0.29) is 28.5 Å². The van der Waals surface area contributed by atoms with Crippen molar-refractivity contribution in [2.24, 2.45) is 0 Å². The van der Waals surface area contributed by atoms with Gasteiger partial charge in [-0.3, -0.25) is 19.7 Å². The molecule has 0 spiro atoms. The Morgan fingerprint density at radius 1 is 1.13 bits per heavy atom. The lowest BCUT2D eigenvalue weighted by molar-refractivity contribution is -0.112. The first-order valence-corrected chi connectivity index (χ1v) is 11.5. The molecule has 1 amide bonds. The molecule has 0 radical (unpaired) electrons. The number of aryl methyl sites for hydroxylation is 1. The first-order chi connectivity index (χ1) is 14.9. The third kappa shape index (κ3) is 3.91. The number of hydrogen-bond donors (Lipinski definition) is 2. The van der Waals surface area contributed by atoms with Crippen LogP contribution in [0.5, 0.6) is 0 Å². The second kappa shape index (κ2) is 8.70. The maximum absolute atomic E-state index is 13.4. The number of thioether (sulfide) groups is 1. The number of aromatic nitrogens is 1. The summed E-state index contributed by atoms with van der Waals surface area (Å²) in [5, 5.41) is 19.0. The molecule has 0 atom stereocenters. The van der Waals surface area contributed by atoms with Gasteiger partial charge in [-0.05, 0) is 38.1 Å². The number of rotatable bonds is 4. The van der Waals surface area contributed by atoms with Crippen molar-refractivity contribution >= 4 is 62.1 Å². The number of thiocarbonyl (C=S) groups is 1. The Morgan fingerprint density at radius 2 is 1.81 bits per heavy atom. The lowest BCUT2D eigenvalue weighted by atomic mass is 10.2. The van der Waals surface area contributed by atoms with E-state index in [1.807, 2.05) is 61.5 Å². The molecule has 0 aliphatic carbocycles. The number of ether oxygens (including phenoxy) is 1. The van der Waals surface area contributed by atoms with Gasteiger partial charge in [-0.15, -0.1) is 11.3 Å². The molecule has 1 fully saturated rings. The highest BCUT2D eigenvalue weighted by Gasteiger charge is 2.35. The Bertz CT molecular complexity index is 1340. The molecule has 2 N–H and O–H groups in total. The summed E-state index contributed by atoms with van der Waals surface area (Å²) in [6, 6.07) is 16.8. The molecule has 158 valence electrons. The lowest BCUT2D eigenvalue weighted by Gasteiger charge is -2.14. The first kappa shape index (κ1) is 21.4. The highest BCUT2D eigenvalue weighted by atomic mass is 32.2. The Labute approximate surface area is 192 Å². The smallest absolute Gasteiger partial charge is 0.298 e. The van der Waals surface area contributed by atoms with Crippen molar-refractivity contribution in [1.29, 1.82) is 5.41 Å². The number of hydrogen-bond acceptors (Lipinski definition) is 7. The van der Waals surface area contributed by atoms with Crippen LogP contribution in [0.25, 0.3) is 16.5 Å². The standard InChI is InChI=1S/C22H19N3O3S3/c1-3-28-21(27)16-18(23)24(14-7-5-4-6-8-14)20(30-16)17-19(26)25(22(29)31-17)15-11-9-13(2)10-12-15/h4-12,23,27H,3H2,1-2H3/b20-17-,21-16?,23-18?. The number of carbonyl (C=O) groups excluding carboxylic acids is 1. The van der Waals surface area contributed by atoms with E-state index in [9.17, 15) is 9.90 Å². The number of nitrogens with one attached hydrogen (secondary N) is 1. The minimum atomic E-state index is -0.331. The summed E-state index contributed by atoms with van der Waals surface area (Å²) in [7, 11) is 0. The first-order valence-electron chi connectivity index (χ1n) is 9.47. The molecular weight excluding hydrogens is 450 g/mol. The van der Waals surface area contributed by atoms with Gasteiger partial charge in [0.05, 0.1) is 12.3 Å². The zero-order valence-corrected chi connectivity index (χ0v) is 19.2. The van der Waals surface area contributed by atoms with Crippen LogP contribution < -0.4 is 19.6 Å². The van der Waals surface area contributed by atoms with Crippen LogP contribution in [0.1, 0.15) is 12.5 Å². The molecule has 9 heteroatoms. The summed E-state index contributed by atoms with van der Waals surface area (Å²) in [5.41, 5.74) is 2.53. The van der Waals surface area contributed by atoms with Crippen LogP contribution in [-0.4, -0.2) is 26.5 Å². The van der Waals surface area contributed by atoms with Gasteiger partial charge in [-0.25, -0.2) is 0 Å². The monoisotopic (exact) mass is 469 g/mol. The summed E-state index contributed by atoms with van der Waals surface area (Å²) in [6.07, 6.45) is 0. The second-order valence-corrected chi connectivity index (χ2v) is 9.31. The molecule has 6 nitrogen and oxygen atoms in total. The van der Waals surface area contributed by atoms with E-state index in [2.05, 4.69) is 0 Å². The number of amides is 1. The van der Waals surface area contributed by atoms with Crippen LogP contribution in [0.15, 0.2) is 54.6 Å². The Hall–Kier alpha value is -2.88. The Kier molecular flexibility index (Phi) is 5.99. The predicted molar refractivity (Wildman–Crippen MR) is 129 cm³/mol. The average Bonchev–Trinajstić information content (AvgIpc) is 3.25. The van der Waals surface area contributed by atoms with Gasteiger partial charge in [0.1, 0.15) is 9.57 Å². The van der Waals surface area contributed by atoms with Crippen molar-refractivity contribution in [3.05, 3.63) is 74.8 Å². The van der Waals surface area contributed by atoms with Crippen LogP contribution in [0.3, 0.4) is 0 Å². The van der Waals surface area contributed by atoms with Crippen molar-refractivity contribution in [2.75, 3.05) is 11.5 Å². The molecule has 1 aromatic heterocycles. The van der Waals surface area contributed by atoms with Gasteiger partial charge in [0.25, 0.3) is 11.9 Å². The zero-order valence-electron chi connectivity index (χ0n) is 16.8. The third-order valence-corrected chi connectivity index (χ3v) is 7.23. The van der Waals surface area contributed by atoms with E-state index in [1.165, 1.54) is 16.7 Å². The Balaban J connectivity index is 1.99. The zero-order chi connectivity index (χ0) is 22.1. The van der Waals surface area contributed by atoms with E-state index >= 15 is 0 Å². The molecular formula is C22H19N3O3S3. The van der Waals surface area contributed by atoms with Crippen LogP contribution in [-0.2, 0) is 9.53 Å². The number of benzene rings is 2. The third-order valence-electron chi connectivity index (χ3n) is 4.59. The van der Waals surface area contributed by atoms with Gasteiger partial charge in [0.2, 0.25) is 0 Å². The van der Waals surface area contributed by atoms with Crippen molar-refractivity contribution in [1.82, 2.24) is 4.57 Å². The van der Waals surface area contributed by atoms with Gasteiger partial charge in [-0.1, -0.05) is 59.9 Å². The number of aliphatic hydroxyl groups is 1. The molecule has 3 aromatic rings. The van der Waals surface area contributed by atoms with E-state index in [0.717, 1.165) is 16.9 Å². The molecule has 31 heavy (non-hydrogen) atoms. The number of anilines is 1. The highest BCUT2D eigenvalue weighted by Crippen LogP contribution is 2.35. The minimum absolute atomic E-state index is 0.0396. The second-order valence-electron chi connectivity index (χ2n) is 6.67. The van der Waals surface area contributed by atoms with Crippen LogP contribution in [0.2, 0.25) is 0 Å². The fourth-order valence-corrected chi connectivity index (χ4v) is 5.62. The quantitative estimate of drug-likeness (QED) is 0.574. The van der Waals surface area contributed by atoms with Gasteiger partial charge in [0.15, 0.2) is 14.3 Å². The molecule has 1 aliphatic heterocycles. The highest BCUT2D eigenvalue weighted by molar-refractivity contribution is 8.31. The Morgan fingerprint density at radius 3 is 2.45 bits per heavy atom. The number of thiazole rings is 1. The molecule has 4 rings (SSSR count). The summed E-state index contributed by atoms with van der Waals surface area (Å²) >= 11 is 7.84. The number of nitrogens with zero attached hydrogens (tertiary/aromatic N) is 2. The molecule has 0 bridgehead atoms. The maximum atomic E-state index is 13.4. The lowest BCUT2D eigenvalue weighted by Crippen LogP contribution is -2.33. The molecule has 2 heterocycles. The predicted octanol–water partition coefficient (Wildman–Crippen LogP) is 3.16. The summed E-state index contributed by atoms with van der Waals surface area (Å²) < 4.78 is 8.06. The minimum Gasteiger partial charge on any atom is -0.480 e. The van der Waals surface area contributed by atoms with Crippen molar-refractivity contribution in [3.63, 3.8) is 0 Å². The van der Waals surface area contributed by atoms with Gasteiger partial charge >= 0.3 is 0 Å². The van der Waals surface area contributed by atoms with Crippen molar-refractivity contribution in [3.8, 4) is 5.69 Å². The van der Waals surface area contributed by atoms with Gasteiger partial charge < -0.3 is 9.84 Å². The summed E-state index contributed by atoms with van der Waals surface area (Å²) in [4.78, 5) is 15.3. The topological polar surface area (TPSA) is 78.6 Å². The number of para-hydroxylation sites is 1. The van der Waals surface area contributed by atoms with Crippen LogP contribution in [0, 0.1) is 12.3 Å². The molecule has 2 aromatic carbocycles. The van der Waals surface area contributed by atoms with Crippen LogP contribution in [0.4, 0.5) is 5.69 Å². The van der Waals surface area contributed by atoms with Gasteiger partial charge in [0, 0.05) is 5.69 Å². The average molecular weight is 470 g/mol.